The van der Waals surface area contributed by atoms with Gasteiger partial charge >= 0.3 is 0 Å². The molecule has 3 aliphatic rings. The van der Waals surface area contributed by atoms with Crippen molar-refractivity contribution in [2.75, 3.05) is 26.2 Å². The Hall–Kier alpha value is -1.68. The molecule has 2 unspecified atom stereocenters. The highest BCUT2D eigenvalue weighted by Crippen LogP contribution is 2.33. The molecule has 1 saturated carbocycles. The van der Waals surface area contributed by atoms with Crippen LogP contribution in [0.15, 0.2) is 35.9 Å². The van der Waals surface area contributed by atoms with E-state index in [-0.39, 0.29) is 11.7 Å². The van der Waals surface area contributed by atoms with Gasteiger partial charge in [0.2, 0.25) is 5.91 Å². The SMILES string of the molecule is O=C(C1=CCN2CCCC1C2)N(CCc1ccc(F)cc1)C1CC1. The minimum Gasteiger partial charge on any atom is -0.336 e. The fourth-order valence-corrected chi connectivity index (χ4v) is 4.03. The summed E-state index contributed by atoms with van der Waals surface area (Å²) < 4.78 is 13.0. The standard InChI is InChI=1S/C20H25FN2O/c21-17-5-3-15(4-6-17)9-13-23(18-7-8-18)20(24)19-10-12-22-11-1-2-16(19)14-22/h3-6,10,16,18H,1-2,7-9,11-14H2. The van der Waals surface area contributed by atoms with Crippen molar-refractivity contribution in [2.45, 2.75) is 38.1 Å². The number of piperidine rings is 1. The van der Waals surface area contributed by atoms with Crippen molar-refractivity contribution in [1.29, 1.82) is 0 Å². The predicted molar refractivity (Wildman–Crippen MR) is 92.1 cm³/mol. The van der Waals surface area contributed by atoms with Gasteiger partial charge in [0.15, 0.2) is 0 Å². The van der Waals surface area contributed by atoms with E-state index in [9.17, 15) is 9.18 Å². The second-order valence-corrected chi connectivity index (χ2v) is 7.36. The molecule has 1 amide bonds. The van der Waals surface area contributed by atoms with E-state index in [0.717, 1.165) is 56.5 Å². The Morgan fingerprint density at radius 3 is 2.75 bits per heavy atom. The Morgan fingerprint density at radius 1 is 1.21 bits per heavy atom. The van der Waals surface area contributed by atoms with Gasteiger partial charge < -0.3 is 4.90 Å². The smallest absolute Gasteiger partial charge is 0.250 e. The molecular weight excluding hydrogens is 303 g/mol. The second-order valence-electron chi connectivity index (χ2n) is 7.36. The van der Waals surface area contributed by atoms with Crippen LogP contribution in [0.4, 0.5) is 4.39 Å². The third kappa shape index (κ3) is 3.39. The van der Waals surface area contributed by atoms with Gasteiger partial charge in [0.25, 0.3) is 0 Å². The molecule has 128 valence electrons. The maximum absolute atomic E-state index is 13.1. The summed E-state index contributed by atoms with van der Waals surface area (Å²) in [5.41, 5.74) is 2.15. The molecule has 2 aliphatic heterocycles. The van der Waals surface area contributed by atoms with Gasteiger partial charge in [-0.2, -0.15) is 0 Å². The maximum atomic E-state index is 13.1. The van der Waals surface area contributed by atoms with E-state index in [1.165, 1.54) is 25.1 Å². The summed E-state index contributed by atoms with van der Waals surface area (Å²) >= 11 is 0. The minimum atomic E-state index is -0.205. The zero-order valence-electron chi connectivity index (χ0n) is 14.1. The minimum absolute atomic E-state index is 0.205. The van der Waals surface area contributed by atoms with Crippen LogP contribution in [0.2, 0.25) is 0 Å². The Labute approximate surface area is 143 Å². The molecule has 1 aromatic rings. The van der Waals surface area contributed by atoms with Crippen molar-refractivity contribution >= 4 is 5.91 Å². The molecule has 4 heteroatoms. The van der Waals surface area contributed by atoms with Crippen molar-refractivity contribution < 1.29 is 9.18 Å². The Balaban J connectivity index is 1.44. The topological polar surface area (TPSA) is 23.6 Å². The van der Waals surface area contributed by atoms with Crippen LogP contribution in [0.25, 0.3) is 0 Å². The zero-order chi connectivity index (χ0) is 16.5. The van der Waals surface area contributed by atoms with Crippen molar-refractivity contribution in [3.05, 3.63) is 47.3 Å². The number of halogens is 1. The van der Waals surface area contributed by atoms with Crippen molar-refractivity contribution in [2.24, 2.45) is 5.92 Å². The van der Waals surface area contributed by atoms with Crippen LogP contribution in [0, 0.1) is 11.7 Å². The average molecular weight is 328 g/mol. The summed E-state index contributed by atoms with van der Waals surface area (Å²) in [5.74, 6) is 0.473. The van der Waals surface area contributed by atoms with E-state index in [1.807, 2.05) is 12.1 Å². The molecule has 0 radical (unpaired) electrons. The molecule has 0 N–H and O–H groups in total. The number of fused-ring (bicyclic) bond motifs is 2. The first-order chi connectivity index (χ1) is 11.7. The van der Waals surface area contributed by atoms with Gasteiger partial charge in [0.1, 0.15) is 5.82 Å². The largest absolute Gasteiger partial charge is 0.336 e. The normalized spacial score (nSPS) is 26.0. The molecule has 1 saturated heterocycles. The van der Waals surface area contributed by atoms with E-state index in [1.54, 1.807) is 0 Å². The first kappa shape index (κ1) is 15.8. The molecule has 1 aliphatic carbocycles. The van der Waals surface area contributed by atoms with Gasteiger partial charge in [-0.3, -0.25) is 9.69 Å². The van der Waals surface area contributed by atoms with Crippen molar-refractivity contribution in [3.8, 4) is 0 Å². The first-order valence-electron chi connectivity index (χ1n) is 9.18. The third-order valence-corrected chi connectivity index (χ3v) is 5.56. The van der Waals surface area contributed by atoms with Crippen LogP contribution in [0.3, 0.4) is 0 Å². The molecule has 2 fully saturated rings. The van der Waals surface area contributed by atoms with Gasteiger partial charge in [-0.15, -0.1) is 0 Å². The summed E-state index contributed by atoms with van der Waals surface area (Å²) in [5, 5.41) is 0. The number of hydrogen-bond acceptors (Lipinski definition) is 2. The molecule has 4 rings (SSSR count). The lowest BCUT2D eigenvalue weighted by atomic mass is 9.86. The number of carbonyl (C=O) groups is 1. The lowest BCUT2D eigenvalue weighted by Crippen LogP contribution is -2.45. The fourth-order valence-electron chi connectivity index (χ4n) is 4.03. The van der Waals surface area contributed by atoms with Crippen LogP contribution < -0.4 is 0 Å². The summed E-state index contributed by atoms with van der Waals surface area (Å²) in [6.45, 7) is 3.89. The third-order valence-electron chi connectivity index (χ3n) is 5.56. The van der Waals surface area contributed by atoms with Crippen molar-refractivity contribution in [3.63, 3.8) is 0 Å². The number of hydrogen-bond donors (Lipinski definition) is 0. The van der Waals surface area contributed by atoms with Crippen LogP contribution in [-0.4, -0.2) is 47.9 Å². The average Bonchev–Trinajstić information content (AvgIpc) is 3.42. The summed E-state index contributed by atoms with van der Waals surface area (Å²) in [6, 6.07) is 7.06. The Morgan fingerprint density at radius 2 is 2.00 bits per heavy atom. The molecule has 24 heavy (non-hydrogen) atoms. The highest BCUT2D eigenvalue weighted by molar-refractivity contribution is 5.94. The quantitative estimate of drug-likeness (QED) is 0.829. The number of benzene rings is 1. The van der Waals surface area contributed by atoms with Crippen LogP contribution in [0.1, 0.15) is 31.2 Å². The molecule has 0 spiro atoms. The lowest BCUT2D eigenvalue weighted by Gasteiger charge is -2.38. The van der Waals surface area contributed by atoms with E-state index >= 15 is 0 Å². The summed E-state index contributed by atoms with van der Waals surface area (Å²) in [4.78, 5) is 17.7. The number of rotatable bonds is 5. The van der Waals surface area contributed by atoms with Gasteiger partial charge in [0.05, 0.1) is 0 Å². The van der Waals surface area contributed by atoms with Crippen LogP contribution >= 0.6 is 0 Å². The van der Waals surface area contributed by atoms with Crippen molar-refractivity contribution in [1.82, 2.24) is 9.80 Å². The molecule has 0 aromatic heterocycles. The maximum Gasteiger partial charge on any atom is 0.250 e. The van der Waals surface area contributed by atoms with Crippen LogP contribution in [0.5, 0.6) is 0 Å². The van der Waals surface area contributed by atoms with E-state index in [2.05, 4.69) is 15.9 Å². The Bertz CT molecular complexity index is 636. The summed E-state index contributed by atoms with van der Waals surface area (Å²) in [7, 11) is 0. The molecule has 1 aromatic carbocycles. The summed E-state index contributed by atoms with van der Waals surface area (Å²) in [6.07, 6.45) is 7.56. The predicted octanol–water partition coefficient (Wildman–Crippen LogP) is 3.01. The highest BCUT2D eigenvalue weighted by Gasteiger charge is 2.37. The number of amides is 1. The molecule has 3 nitrogen and oxygen atoms in total. The second kappa shape index (κ2) is 6.67. The number of nitrogens with zero attached hydrogens (tertiary/aromatic N) is 2. The lowest BCUT2D eigenvalue weighted by molar-refractivity contribution is -0.128. The molecule has 2 atom stereocenters. The highest BCUT2D eigenvalue weighted by atomic mass is 19.1. The molecule has 2 heterocycles. The van der Waals surface area contributed by atoms with Gasteiger partial charge in [-0.05, 0) is 56.3 Å². The molecular formula is C20H25FN2O. The van der Waals surface area contributed by atoms with E-state index < -0.39 is 0 Å². The zero-order valence-corrected chi connectivity index (χ0v) is 14.1. The monoisotopic (exact) mass is 328 g/mol. The van der Waals surface area contributed by atoms with E-state index in [0.29, 0.717) is 12.0 Å². The van der Waals surface area contributed by atoms with E-state index in [4.69, 9.17) is 0 Å². The van der Waals surface area contributed by atoms with Gasteiger partial charge in [0, 0.05) is 37.2 Å². The number of carbonyl (C=O) groups excluding carboxylic acids is 1. The Kier molecular flexibility index (Phi) is 4.40. The van der Waals surface area contributed by atoms with Gasteiger partial charge in [-0.25, -0.2) is 4.39 Å². The van der Waals surface area contributed by atoms with Gasteiger partial charge in [-0.1, -0.05) is 18.2 Å². The fraction of sp³-hybridized carbons (Fsp3) is 0.550. The molecule has 2 bridgehead atoms. The first-order valence-corrected chi connectivity index (χ1v) is 9.18. The van der Waals surface area contributed by atoms with Crippen LogP contribution in [-0.2, 0) is 11.2 Å².